The van der Waals surface area contributed by atoms with Crippen molar-refractivity contribution in [3.8, 4) is 0 Å². The second-order valence-corrected chi connectivity index (χ2v) is 6.18. The maximum Gasteiger partial charge on any atom is 0.161 e. The summed E-state index contributed by atoms with van der Waals surface area (Å²) in [5.41, 5.74) is 0.0499. The van der Waals surface area contributed by atoms with Crippen LogP contribution in [0.25, 0.3) is 0 Å². The first kappa shape index (κ1) is 13.8. The van der Waals surface area contributed by atoms with E-state index >= 15 is 0 Å². The van der Waals surface area contributed by atoms with Crippen LogP contribution in [-0.4, -0.2) is 16.6 Å². The molecule has 4 heteroatoms. The minimum Gasteiger partial charge on any atom is -0.367 e. The molecule has 1 aromatic heterocycles. The molecule has 0 aliphatic heterocycles. The number of hydrogen-bond acceptors (Lipinski definition) is 3. The summed E-state index contributed by atoms with van der Waals surface area (Å²) >= 11 is 5.98. The van der Waals surface area contributed by atoms with Crippen LogP contribution in [0.5, 0.6) is 0 Å². The fraction of sp³-hybridized carbons (Fsp3) is 0.714. The third kappa shape index (κ3) is 2.83. The van der Waals surface area contributed by atoms with Crippen LogP contribution in [0.4, 0.5) is 0 Å². The van der Waals surface area contributed by atoms with Crippen molar-refractivity contribution in [1.29, 1.82) is 0 Å². The molecule has 0 bridgehead atoms. The maximum atomic E-state index is 6.02. The number of nitrogens with zero attached hydrogens (tertiary/aromatic N) is 2. The lowest BCUT2D eigenvalue weighted by Gasteiger charge is -2.42. The van der Waals surface area contributed by atoms with Gasteiger partial charge in [-0.05, 0) is 44.1 Å². The summed E-state index contributed by atoms with van der Waals surface area (Å²) in [4.78, 5) is 8.75. The van der Waals surface area contributed by atoms with Gasteiger partial charge in [-0.15, -0.1) is 0 Å². The Balaban J connectivity index is 2.28. The van der Waals surface area contributed by atoms with Gasteiger partial charge in [0.2, 0.25) is 0 Å². The molecule has 0 aromatic carbocycles. The Kier molecular flexibility index (Phi) is 3.93. The van der Waals surface area contributed by atoms with Gasteiger partial charge >= 0.3 is 0 Å². The van der Waals surface area contributed by atoms with E-state index in [1.54, 1.807) is 12.3 Å². The molecule has 0 radical (unpaired) electrons. The van der Waals surface area contributed by atoms with E-state index in [4.69, 9.17) is 16.3 Å². The van der Waals surface area contributed by atoms with Crippen molar-refractivity contribution in [1.82, 2.24) is 9.97 Å². The van der Waals surface area contributed by atoms with E-state index in [-0.39, 0.29) is 5.60 Å². The van der Waals surface area contributed by atoms with Crippen LogP contribution >= 0.6 is 11.6 Å². The molecule has 1 aliphatic rings. The van der Waals surface area contributed by atoms with Crippen LogP contribution in [0.15, 0.2) is 12.3 Å². The molecule has 1 fully saturated rings. The average Bonchev–Trinajstić information content (AvgIpc) is 2.33. The highest BCUT2D eigenvalue weighted by Crippen LogP contribution is 2.46. The summed E-state index contributed by atoms with van der Waals surface area (Å²) in [7, 11) is 0. The highest BCUT2D eigenvalue weighted by Gasteiger charge is 2.42. The van der Waals surface area contributed by atoms with Gasteiger partial charge in [-0.25, -0.2) is 9.97 Å². The number of ether oxygens (including phenoxy) is 1. The smallest absolute Gasteiger partial charge is 0.161 e. The predicted molar refractivity (Wildman–Crippen MR) is 72.6 cm³/mol. The van der Waals surface area contributed by atoms with Crippen LogP contribution in [0.3, 0.4) is 0 Å². The quantitative estimate of drug-likeness (QED) is 0.779. The first-order valence-electron chi connectivity index (χ1n) is 6.60. The van der Waals surface area contributed by atoms with Crippen molar-refractivity contribution < 1.29 is 4.74 Å². The molecule has 1 saturated carbocycles. The van der Waals surface area contributed by atoms with Crippen LogP contribution in [0.1, 0.15) is 52.3 Å². The van der Waals surface area contributed by atoms with Gasteiger partial charge in [-0.2, -0.15) is 0 Å². The van der Waals surface area contributed by atoms with Gasteiger partial charge in [-0.3, -0.25) is 0 Å². The lowest BCUT2D eigenvalue weighted by atomic mass is 9.70. The van der Waals surface area contributed by atoms with Gasteiger partial charge in [0.15, 0.2) is 5.82 Å². The molecule has 0 amide bonds. The zero-order valence-electron chi connectivity index (χ0n) is 11.4. The molecule has 18 heavy (non-hydrogen) atoms. The van der Waals surface area contributed by atoms with E-state index in [1.807, 2.05) is 6.92 Å². The maximum absolute atomic E-state index is 6.02. The zero-order valence-corrected chi connectivity index (χ0v) is 12.1. The molecule has 1 heterocycles. The molecule has 100 valence electrons. The standard InChI is InChI=1S/C14H21ClN2O/c1-4-18-14(8-6-13(2,3)7-9-14)12-16-10-5-11(15)17-12/h5,10H,4,6-9H2,1-3H3. The molecule has 3 nitrogen and oxygen atoms in total. The third-order valence-electron chi connectivity index (χ3n) is 3.86. The average molecular weight is 269 g/mol. The zero-order chi connectivity index (χ0) is 13.2. The Labute approximate surface area is 114 Å². The van der Waals surface area contributed by atoms with Crippen molar-refractivity contribution in [2.45, 2.75) is 52.1 Å². The van der Waals surface area contributed by atoms with E-state index in [0.717, 1.165) is 31.5 Å². The Morgan fingerprint density at radius 1 is 1.28 bits per heavy atom. The number of aromatic nitrogens is 2. The summed E-state index contributed by atoms with van der Waals surface area (Å²) in [5, 5.41) is 0.490. The molecule has 0 saturated heterocycles. The highest BCUT2D eigenvalue weighted by atomic mass is 35.5. The summed E-state index contributed by atoms with van der Waals surface area (Å²) in [6.45, 7) is 7.31. The van der Waals surface area contributed by atoms with E-state index in [2.05, 4.69) is 23.8 Å². The van der Waals surface area contributed by atoms with E-state index < -0.39 is 0 Å². The lowest BCUT2D eigenvalue weighted by Crippen LogP contribution is -2.38. The Hall–Kier alpha value is -0.670. The van der Waals surface area contributed by atoms with Gasteiger partial charge in [0.25, 0.3) is 0 Å². The van der Waals surface area contributed by atoms with E-state index in [1.165, 1.54) is 0 Å². The second-order valence-electron chi connectivity index (χ2n) is 5.79. The molecule has 0 unspecified atom stereocenters. The molecular weight excluding hydrogens is 248 g/mol. The number of halogens is 1. The third-order valence-corrected chi connectivity index (χ3v) is 4.07. The Morgan fingerprint density at radius 2 is 1.94 bits per heavy atom. The molecule has 0 N–H and O–H groups in total. The topological polar surface area (TPSA) is 35.0 Å². The first-order valence-corrected chi connectivity index (χ1v) is 6.98. The second kappa shape index (κ2) is 5.14. The number of rotatable bonds is 3. The molecule has 0 atom stereocenters. The van der Waals surface area contributed by atoms with Gasteiger partial charge in [-0.1, -0.05) is 25.4 Å². The van der Waals surface area contributed by atoms with Crippen molar-refractivity contribution in [2.75, 3.05) is 6.61 Å². The molecule has 0 spiro atoms. The minimum atomic E-state index is -0.338. The van der Waals surface area contributed by atoms with E-state index in [9.17, 15) is 0 Å². The van der Waals surface area contributed by atoms with Crippen molar-refractivity contribution in [2.24, 2.45) is 5.41 Å². The predicted octanol–water partition coefficient (Wildman–Crippen LogP) is 3.96. The molecule has 1 aliphatic carbocycles. The first-order chi connectivity index (χ1) is 8.47. The summed E-state index contributed by atoms with van der Waals surface area (Å²) in [5.74, 6) is 0.743. The Bertz CT molecular complexity index is 410. The summed E-state index contributed by atoms with van der Waals surface area (Å²) in [6, 6.07) is 1.71. The fourth-order valence-electron chi connectivity index (χ4n) is 2.60. The molecular formula is C14H21ClN2O. The van der Waals surface area contributed by atoms with Gasteiger partial charge in [0.1, 0.15) is 10.8 Å². The largest absolute Gasteiger partial charge is 0.367 e. The van der Waals surface area contributed by atoms with Crippen LogP contribution < -0.4 is 0 Å². The van der Waals surface area contributed by atoms with Gasteiger partial charge in [0, 0.05) is 12.8 Å². The van der Waals surface area contributed by atoms with Crippen LogP contribution in [0.2, 0.25) is 5.15 Å². The van der Waals surface area contributed by atoms with Crippen LogP contribution in [-0.2, 0) is 10.3 Å². The SMILES string of the molecule is CCOC1(c2nccc(Cl)n2)CCC(C)(C)CC1. The van der Waals surface area contributed by atoms with E-state index in [0.29, 0.717) is 17.2 Å². The van der Waals surface area contributed by atoms with Gasteiger partial charge < -0.3 is 4.74 Å². The monoisotopic (exact) mass is 268 g/mol. The molecule has 1 aromatic rings. The molecule has 2 rings (SSSR count). The van der Waals surface area contributed by atoms with Gasteiger partial charge in [0.05, 0.1) is 0 Å². The summed E-state index contributed by atoms with van der Waals surface area (Å²) < 4.78 is 6.02. The van der Waals surface area contributed by atoms with Crippen molar-refractivity contribution in [3.63, 3.8) is 0 Å². The fourth-order valence-corrected chi connectivity index (χ4v) is 2.73. The normalized spacial score (nSPS) is 21.8. The lowest BCUT2D eigenvalue weighted by molar-refractivity contribution is -0.0948. The van der Waals surface area contributed by atoms with Crippen LogP contribution in [0, 0.1) is 5.41 Å². The van der Waals surface area contributed by atoms with Crippen molar-refractivity contribution >= 4 is 11.6 Å². The summed E-state index contributed by atoms with van der Waals surface area (Å²) in [6.07, 6.45) is 5.90. The minimum absolute atomic E-state index is 0.338. The highest BCUT2D eigenvalue weighted by molar-refractivity contribution is 6.29. The van der Waals surface area contributed by atoms with Crippen molar-refractivity contribution in [3.05, 3.63) is 23.2 Å². The Morgan fingerprint density at radius 3 is 2.50 bits per heavy atom. The number of hydrogen-bond donors (Lipinski definition) is 0.